The van der Waals surface area contributed by atoms with Crippen LogP contribution in [0.25, 0.3) is 0 Å². The van der Waals surface area contributed by atoms with Gasteiger partial charge >= 0.3 is 0 Å². The van der Waals surface area contributed by atoms with E-state index in [9.17, 15) is 5.11 Å². The van der Waals surface area contributed by atoms with Gasteiger partial charge in [0.25, 0.3) is 0 Å². The van der Waals surface area contributed by atoms with E-state index in [1.807, 2.05) is 0 Å². The van der Waals surface area contributed by atoms with Crippen LogP contribution in [0.4, 0.5) is 0 Å². The van der Waals surface area contributed by atoms with Crippen LogP contribution >= 0.6 is 0 Å². The normalized spacial score (nSPS) is 23.0. The van der Waals surface area contributed by atoms with E-state index in [1.165, 1.54) is 64.2 Å². The van der Waals surface area contributed by atoms with Crippen LogP contribution in [-0.4, -0.2) is 22.9 Å². The van der Waals surface area contributed by atoms with Crippen molar-refractivity contribution in [2.75, 3.05) is 6.61 Å². The molecule has 2 N–H and O–H groups in total. The van der Waals surface area contributed by atoms with Crippen molar-refractivity contribution in [1.82, 2.24) is 0 Å². The Morgan fingerprint density at radius 1 is 0.810 bits per heavy atom. The Bertz CT molecular complexity index is 292. The maximum absolute atomic E-state index is 10.1. The molecule has 0 aromatic heterocycles. The van der Waals surface area contributed by atoms with E-state index < -0.39 is 0 Å². The van der Waals surface area contributed by atoms with Crippen molar-refractivity contribution in [2.24, 2.45) is 10.8 Å². The van der Waals surface area contributed by atoms with Crippen molar-refractivity contribution in [3.05, 3.63) is 0 Å². The molecule has 21 heavy (non-hydrogen) atoms. The summed E-state index contributed by atoms with van der Waals surface area (Å²) in [5.74, 6) is 0. The molecule has 2 fully saturated rings. The van der Waals surface area contributed by atoms with Crippen molar-refractivity contribution in [3.63, 3.8) is 0 Å². The smallest absolute Gasteiger partial charge is 0.0540 e. The highest BCUT2D eigenvalue weighted by Gasteiger charge is 2.41. The summed E-state index contributed by atoms with van der Waals surface area (Å²) >= 11 is 0. The summed E-state index contributed by atoms with van der Waals surface area (Å²) in [7, 11) is 0. The molecule has 2 aliphatic carbocycles. The molecule has 2 heteroatoms. The molecule has 0 heterocycles. The van der Waals surface area contributed by atoms with Crippen LogP contribution in [-0.2, 0) is 0 Å². The zero-order valence-electron chi connectivity index (χ0n) is 14.1. The molecule has 2 saturated carbocycles. The standard InChI is InChI=1S/C19H36O2/c1-2-18(11-12-18)9-5-3-7-17(21)8-4-6-10-19(13-14-19)15-16-20/h17,20-21H,2-16H2,1H3. The van der Waals surface area contributed by atoms with Gasteiger partial charge in [-0.2, -0.15) is 0 Å². The SMILES string of the molecule is CCC1(CCCCC(O)CCCCC2(CCO)CC2)CC1. The maximum Gasteiger partial charge on any atom is 0.0540 e. The molecule has 0 aromatic rings. The molecular formula is C19H36O2. The minimum Gasteiger partial charge on any atom is -0.396 e. The Morgan fingerprint density at radius 2 is 1.33 bits per heavy atom. The quantitative estimate of drug-likeness (QED) is 0.478. The molecule has 0 bridgehead atoms. The zero-order chi connectivity index (χ0) is 15.2. The molecule has 0 saturated heterocycles. The number of aliphatic hydroxyl groups excluding tert-OH is 2. The first-order valence-electron chi connectivity index (χ1n) is 9.43. The lowest BCUT2D eigenvalue weighted by molar-refractivity contribution is 0.144. The molecule has 2 aliphatic rings. The molecule has 0 spiro atoms. The monoisotopic (exact) mass is 296 g/mol. The Morgan fingerprint density at radius 3 is 1.76 bits per heavy atom. The van der Waals surface area contributed by atoms with Crippen molar-refractivity contribution >= 4 is 0 Å². The number of hydrogen-bond donors (Lipinski definition) is 2. The number of rotatable bonds is 13. The van der Waals surface area contributed by atoms with E-state index in [2.05, 4.69) is 6.92 Å². The fourth-order valence-corrected chi connectivity index (χ4v) is 3.90. The molecule has 0 amide bonds. The van der Waals surface area contributed by atoms with Gasteiger partial charge in [0, 0.05) is 6.61 Å². The van der Waals surface area contributed by atoms with E-state index in [0.717, 1.165) is 31.1 Å². The van der Waals surface area contributed by atoms with Gasteiger partial charge in [-0.15, -0.1) is 0 Å². The molecule has 2 nitrogen and oxygen atoms in total. The van der Waals surface area contributed by atoms with E-state index in [1.54, 1.807) is 0 Å². The van der Waals surface area contributed by atoms with Gasteiger partial charge in [-0.3, -0.25) is 0 Å². The lowest BCUT2D eigenvalue weighted by Gasteiger charge is -2.15. The molecule has 0 aromatic carbocycles. The van der Waals surface area contributed by atoms with Gasteiger partial charge in [0.05, 0.1) is 6.10 Å². The second kappa shape index (κ2) is 7.97. The van der Waals surface area contributed by atoms with Crippen LogP contribution in [0.5, 0.6) is 0 Å². The highest BCUT2D eigenvalue weighted by atomic mass is 16.3. The Hall–Kier alpha value is -0.0800. The fraction of sp³-hybridized carbons (Fsp3) is 1.00. The average molecular weight is 296 g/mol. The predicted molar refractivity (Wildman–Crippen MR) is 88.3 cm³/mol. The van der Waals surface area contributed by atoms with Gasteiger partial charge in [-0.05, 0) is 68.6 Å². The Kier molecular flexibility index (Phi) is 6.55. The van der Waals surface area contributed by atoms with Crippen LogP contribution in [0.15, 0.2) is 0 Å². The molecule has 0 aliphatic heterocycles. The second-order valence-electron chi connectivity index (χ2n) is 7.97. The summed E-state index contributed by atoms with van der Waals surface area (Å²) in [5.41, 5.74) is 1.22. The molecule has 1 atom stereocenters. The van der Waals surface area contributed by atoms with Crippen molar-refractivity contribution in [1.29, 1.82) is 0 Å². The zero-order valence-corrected chi connectivity index (χ0v) is 14.1. The first kappa shape index (κ1) is 17.3. The highest BCUT2D eigenvalue weighted by Crippen LogP contribution is 2.53. The minimum absolute atomic E-state index is 0.0743. The lowest BCUT2D eigenvalue weighted by Crippen LogP contribution is -2.08. The minimum atomic E-state index is -0.0743. The van der Waals surface area contributed by atoms with Gasteiger partial charge in [-0.25, -0.2) is 0 Å². The molecular weight excluding hydrogens is 260 g/mol. The van der Waals surface area contributed by atoms with Crippen LogP contribution in [0, 0.1) is 10.8 Å². The van der Waals surface area contributed by atoms with Crippen molar-refractivity contribution in [2.45, 2.75) is 103 Å². The highest BCUT2D eigenvalue weighted by molar-refractivity contribution is 4.92. The van der Waals surface area contributed by atoms with Gasteiger partial charge in [0.1, 0.15) is 0 Å². The third kappa shape index (κ3) is 5.90. The molecule has 124 valence electrons. The fourth-order valence-electron chi connectivity index (χ4n) is 3.90. The first-order valence-corrected chi connectivity index (χ1v) is 9.43. The van der Waals surface area contributed by atoms with Crippen LogP contribution in [0.2, 0.25) is 0 Å². The van der Waals surface area contributed by atoms with Gasteiger partial charge < -0.3 is 10.2 Å². The topological polar surface area (TPSA) is 40.5 Å². The van der Waals surface area contributed by atoms with Gasteiger partial charge in [-0.1, -0.05) is 39.0 Å². The largest absolute Gasteiger partial charge is 0.396 e. The maximum atomic E-state index is 10.1. The summed E-state index contributed by atoms with van der Waals surface area (Å²) in [4.78, 5) is 0. The van der Waals surface area contributed by atoms with E-state index >= 15 is 0 Å². The van der Waals surface area contributed by atoms with Crippen LogP contribution in [0.1, 0.15) is 96.8 Å². The van der Waals surface area contributed by atoms with E-state index in [-0.39, 0.29) is 6.10 Å². The summed E-state index contributed by atoms with van der Waals surface area (Å²) in [6.07, 6.45) is 17.3. The summed E-state index contributed by atoms with van der Waals surface area (Å²) in [6, 6.07) is 0. The lowest BCUT2D eigenvalue weighted by atomic mass is 9.93. The summed E-state index contributed by atoms with van der Waals surface area (Å²) in [6.45, 7) is 2.67. The van der Waals surface area contributed by atoms with Crippen molar-refractivity contribution in [3.8, 4) is 0 Å². The van der Waals surface area contributed by atoms with Gasteiger partial charge in [0.2, 0.25) is 0 Å². The molecule has 1 unspecified atom stereocenters. The second-order valence-corrected chi connectivity index (χ2v) is 7.97. The van der Waals surface area contributed by atoms with E-state index in [4.69, 9.17) is 5.11 Å². The third-order valence-electron chi connectivity index (χ3n) is 6.30. The Labute approximate surface area is 131 Å². The number of aliphatic hydroxyl groups is 2. The van der Waals surface area contributed by atoms with Crippen molar-refractivity contribution < 1.29 is 10.2 Å². The van der Waals surface area contributed by atoms with E-state index in [0.29, 0.717) is 12.0 Å². The van der Waals surface area contributed by atoms with Crippen LogP contribution < -0.4 is 0 Å². The predicted octanol–water partition coefficient (Wildman–Crippen LogP) is 4.82. The average Bonchev–Trinajstić information content (AvgIpc) is 3.38. The first-order chi connectivity index (χ1) is 10.1. The third-order valence-corrected chi connectivity index (χ3v) is 6.30. The summed E-state index contributed by atoms with van der Waals surface area (Å²) in [5, 5.41) is 19.1. The molecule has 2 rings (SSSR count). The van der Waals surface area contributed by atoms with Gasteiger partial charge in [0.15, 0.2) is 0 Å². The molecule has 0 radical (unpaired) electrons. The number of hydrogen-bond acceptors (Lipinski definition) is 2. The Balaban J connectivity index is 1.42. The number of unbranched alkanes of at least 4 members (excludes halogenated alkanes) is 2. The summed E-state index contributed by atoms with van der Waals surface area (Å²) < 4.78 is 0. The van der Waals surface area contributed by atoms with Crippen LogP contribution in [0.3, 0.4) is 0 Å².